The van der Waals surface area contributed by atoms with Crippen LogP contribution >= 0.6 is 0 Å². The van der Waals surface area contributed by atoms with E-state index in [0.717, 1.165) is 33.8 Å². The van der Waals surface area contributed by atoms with Gasteiger partial charge in [-0.1, -0.05) is 42.5 Å². The molecule has 3 aromatic rings. The lowest BCUT2D eigenvalue weighted by atomic mass is 10.0. The third-order valence-corrected chi connectivity index (χ3v) is 3.20. The zero-order chi connectivity index (χ0) is 13.9. The molecule has 0 saturated carbocycles. The van der Waals surface area contributed by atoms with Gasteiger partial charge in [0.05, 0.1) is 4.92 Å². The first-order valence-electron chi connectivity index (χ1n) is 6.22. The molecule has 0 saturated heterocycles. The molecular weight excluding hydrogens is 252 g/mol. The summed E-state index contributed by atoms with van der Waals surface area (Å²) in [6.07, 6.45) is 4.23. The van der Waals surface area contributed by atoms with E-state index in [1.807, 2.05) is 36.4 Å². The summed E-state index contributed by atoms with van der Waals surface area (Å²) < 4.78 is 0. The molecule has 0 aliphatic heterocycles. The van der Waals surface area contributed by atoms with Gasteiger partial charge in [0, 0.05) is 28.7 Å². The number of hydrogen-bond donors (Lipinski definition) is 1. The number of benzene rings is 2. The molecule has 1 N–H and O–H groups in total. The smallest absolute Gasteiger partial charge is 0.235 e. The second-order valence-electron chi connectivity index (χ2n) is 4.47. The Morgan fingerprint density at radius 2 is 1.85 bits per heavy atom. The van der Waals surface area contributed by atoms with Gasteiger partial charge in [0.1, 0.15) is 0 Å². The second kappa shape index (κ2) is 5.01. The van der Waals surface area contributed by atoms with Crippen molar-refractivity contribution in [2.75, 3.05) is 0 Å². The number of nitro groups is 1. The summed E-state index contributed by atoms with van der Waals surface area (Å²) in [4.78, 5) is 13.1. The van der Waals surface area contributed by atoms with Gasteiger partial charge in [-0.05, 0) is 17.2 Å². The second-order valence-corrected chi connectivity index (χ2v) is 4.47. The van der Waals surface area contributed by atoms with Crippen LogP contribution in [0.25, 0.3) is 28.1 Å². The number of fused-ring (bicyclic) bond motifs is 1. The van der Waals surface area contributed by atoms with Crippen LogP contribution in [0.2, 0.25) is 0 Å². The Kier molecular flexibility index (Phi) is 3.05. The monoisotopic (exact) mass is 264 g/mol. The molecule has 3 rings (SSSR count). The zero-order valence-corrected chi connectivity index (χ0v) is 10.6. The molecule has 1 heterocycles. The molecule has 0 amide bonds. The fourth-order valence-corrected chi connectivity index (χ4v) is 2.24. The van der Waals surface area contributed by atoms with E-state index in [1.165, 1.54) is 6.08 Å². The van der Waals surface area contributed by atoms with Crippen LogP contribution in [0.5, 0.6) is 0 Å². The lowest BCUT2D eigenvalue weighted by Crippen LogP contribution is -1.81. The molecule has 0 aliphatic rings. The first kappa shape index (κ1) is 12.2. The minimum Gasteiger partial charge on any atom is -0.361 e. The standard InChI is InChI=1S/C16H12N2O2/c19-18(20)9-8-14-11-17-16-10-13(6-7-15(14)16)12-4-2-1-3-5-12/h1-11,17H. The van der Waals surface area contributed by atoms with Crippen molar-refractivity contribution in [3.63, 3.8) is 0 Å². The normalized spacial score (nSPS) is 11.2. The van der Waals surface area contributed by atoms with Crippen molar-refractivity contribution in [2.45, 2.75) is 0 Å². The van der Waals surface area contributed by atoms with Crippen LogP contribution < -0.4 is 0 Å². The topological polar surface area (TPSA) is 58.9 Å². The summed E-state index contributed by atoms with van der Waals surface area (Å²) in [5.41, 5.74) is 4.04. The van der Waals surface area contributed by atoms with Crippen molar-refractivity contribution >= 4 is 17.0 Å². The molecule has 0 fully saturated rings. The molecule has 0 atom stereocenters. The van der Waals surface area contributed by atoms with E-state index < -0.39 is 4.92 Å². The highest BCUT2D eigenvalue weighted by molar-refractivity contribution is 5.91. The van der Waals surface area contributed by atoms with Crippen LogP contribution in [0.4, 0.5) is 0 Å². The third-order valence-electron chi connectivity index (χ3n) is 3.20. The van der Waals surface area contributed by atoms with E-state index in [1.54, 1.807) is 6.20 Å². The predicted molar refractivity (Wildman–Crippen MR) is 79.8 cm³/mol. The molecular formula is C16H12N2O2. The molecule has 0 unspecified atom stereocenters. The summed E-state index contributed by atoms with van der Waals surface area (Å²) in [6, 6.07) is 16.1. The van der Waals surface area contributed by atoms with Gasteiger partial charge in [0.25, 0.3) is 0 Å². The van der Waals surface area contributed by atoms with Crippen molar-refractivity contribution in [1.82, 2.24) is 4.98 Å². The summed E-state index contributed by atoms with van der Waals surface area (Å²) in [5, 5.41) is 11.4. The molecule has 2 aromatic carbocycles. The quantitative estimate of drug-likeness (QED) is 0.572. The molecule has 20 heavy (non-hydrogen) atoms. The maximum Gasteiger partial charge on any atom is 0.235 e. The van der Waals surface area contributed by atoms with Crippen molar-refractivity contribution < 1.29 is 4.92 Å². The number of rotatable bonds is 3. The Labute approximate surface area is 115 Å². The molecule has 98 valence electrons. The minimum absolute atomic E-state index is 0.461. The highest BCUT2D eigenvalue weighted by Crippen LogP contribution is 2.26. The van der Waals surface area contributed by atoms with E-state index in [-0.39, 0.29) is 0 Å². The minimum atomic E-state index is -0.461. The fourth-order valence-electron chi connectivity index (χ4n) is 2.24. The van der Waals surface area contributed by atoms with Crippen LogP contribution in [-0.4, -0.2) is 9.91 Å². The number of aromatic nitrogens is 1. The number of nitrogens with zero attached hydrogens (tertiary/aromatic N) is 1. The maximum absolute atomic E-state index is 10.4. The summed E-state index contributed by atoms with van der Waals surface area (Å²) in [5.74, 6) is 0. The average molecular weight is 264 g/mol. The molecule has 4 heteroatoms. The van der Waals surface area contributed by atoms with E-state index in [9.17, 15) is 10.1 Å². The van der Waals surface area contributed by atoms with Crippen molar-refractivity contribution in [3.05, 3.63) is 76.6 Å². The van der Waals surface area contributed by atoms with Crippen molar-refractivity contribution in [2.24, 2.45) is 0 Å². The highest BCUT2D eigenvalue weighted by atomic mass is 16.6. The Morgan fingerprint density at radius 3 is 2.60 bits per heavy atom. The Bertz CT molecular complexity index is 789. The van der Waals surface area contributed by atoms with Crippen LogP contribution in [0, 0.1) is 10.1 Å². The predicted octanol–water partition coefficient (Wildman–Crippen LogP) is 4.08. The fraction of sp³-hybridized carbons (Fsp3) is 0. The molecule has 4 nitrogen and oxygen atoms in total. The summed E-state index contributed by atoms with van der Waals surface area (Å²) in [6.45, 7) is 0. The number of hydrogen-bond acceptors (Lipinski definition) is 2. The van der Waals surface area contributed by atoms with Gasteiger partial charge in [-0.15, -0.1) is 0 Å². The van der Waals surface area contributed by atoms with E-state index in [4.69, 9.17) is 0 Å². The lowest BCUT2D eigenvalue weighted by Gasteiger charge is -2.01. The van der Waals surface area contributed by atoms with Gasteiger partial charge >= 0.3 is 0 Å². The van der Waals surface area contributed by atoms with Gasteiger partial charge < -0.3 is 4.98 Å². The van der Waals surface area contributed by atoms with Crippen molar-refractivity contribution in [1.29, 1.82) is 0 Å². The number of nitrogens with one attached hydrogen (secondary N) is 1. The first-order valence-corrected chi connectivity index (χ1v) is 6.22. The average Bonchev–Trinajstić information content (AvgIpc) is 2.88. The largest absolute Gasteiger partial charge is 0.361 e. The molecule has 0 radical (unpaired) electrons. The number of aromatic amines is 1. The van der Waals surface area contributed by atoms with Gasteiger partial charge in [-0.3, -0.25) is 10.1 Å². The van der Waals surface area contributed by atoms with Gasteiger partial charge in [0.2, 0.25) is 6.20 Å². The highest BCUT2D eigenvalue weighted by Gasteiger charge is 2.04. The third kappa shape index (κ3) is 2.31. The van der Waals surface area contributed by atoms with Crippen LogP contribution in [0.1, 0.15) is 5.56 Å². The maximum atomic E-state index is 10.4. The SMILES string of the molecule is O=[N+]([O-])C=Cc1c[nH]c2cc(-c3ccccc3)ccc12. The summed E-state index contributed by atoms with van der Waals surface area (Å²) >= 11 is 0. The first-order chi connectivity index (χ1) is 9.74. The van der Waals surface area contributed by atoms with Gasteiger partial charge in [-0.2, -0.15) is 0 Å². The Morgan fingerprint density at radius 1 is 1.05 bits per heavy atom. The molecule has 0 bridgehead atoms. The van der Waals surface area contributed by atoms with E-state index >= 15 is 0 Å². The Hall–Kier alpha value is -2.88. The summed E-state index contributed by atoms with van der Waals surface area (Å²) in [7, 11) is 0. The molecule has 0 spiro atoms. The van der Waals surface area contributed by atoms with Crippen LogP contribution in [0.3, 0.4) is 0 Å². The molecule has 1 aromatic heterocycles. The van der Waals surface area contributed by atoms with Crippen LogP contribution in [-0.2, 0) is 0 Å². The number of H-pyrrole nitrogens is 1. The Balaban J connectivity index is 2.04. The lowest BCUT2D eigenvalue weighted by molar-refractivity contribution is -0.400. The van der Waals surface area contributed by atoms with E-state index in [0.29, 0.717) is 0 Å². The van der Waals surface area contributed by atoms with Crippen molar-refractivity contribution in [3.8, 4) is 11.1 Å². The van der Waals surface area contributed by atoms with E-state index in [2.05, 4.69) is 17.1 Å². The molecule has 0 aliphatic carbocycles. The van der Waals surface area contributed by atoms with Gasteiger partial charge in [0.15, 0.2) is 0 Å². The van der Waals surface area contributed by atoms with Crippen LogP contribution in [0.15, 0.2) is 60.9 Å². The zero-order valence-electron chi connectivity index (χ0n) is 10.6. The van der Waals surface area contributed by atoms with Gasteiger partial charge in [-0.25, -0.2) is 0 Å².